The van der Waals surface area contributed by atoms with Gasteiger partial charge in [0.2, 0.25) is 0 Å². The Morgan fingerprint density at radius 2 is 2.37 bits per heavy atom. The van der Waals surface area contributed by atoms with Gasteiger partial charge in [0.25, 0.3) is 0 Å². The first-order chi connectivity index (χ1) is 9.24. The van der Waals surface area contributed by atoms with Gasteiger partial charge in [0.05, 0.1) is 17.7 Å². The summed E-state index contributed by atoms with van der Waals surface area (Å²) >= 11 is 6.13. The van der Waals surface area contributed by atoms with E-state index in [1.54, 1.807) is 0 Å². The number of unbranched alkanes of at least 4 members (excludes halogenated alkanes) is 1. The summed E-state index contributed by atoms with van der Waals surface area (Å²) in [5.74, 6) is 1.10. The highest BCUT2D eigenvalue weighted by Gasteiger charge is 2.26. The van der Waals surface area contributed by atoms with Crippen molar-refractivity contribution in [2.45, 2.75) is 58.0 Å². The van der Waals surface area contributed by atoms with Crippen molar-refractivity contribution in [3.63, 3.8) is 0 Å². The molecular weight excluding hydrogens is 260 g/mol. The molecule has 1 aromatic heterocycles. The molecule has 2 N–H and O–H groups in total. The number of nitrogens with one attached hydrogen (secondary N) is 2. The van der Waals surface area contributed by atoms with Gasteiger partial charge in [0.15, 0.2) is 5.15 Å². The summed E-state index contributed by atoms with van der Waals surface area (Å²) in [6.07, 6.45) is 6.43. The van der Waals surface area contributed by atoms with Crippen molar-refractivity contribution in [2.24, 2.45) is 5.92 Å². The summed E-state index contributed by atoms with van der Waals surface area (Å²) in [5, 5.41) is 13.0. The zero-order valence-electron chi connectivity index (χ0n) is 11.4. The van der Waals surface area contributed by atoms with Gasteiger partial charge in [0, 0.05) is 19.0 Å². The molecule has 1 heterocycles. The zero-order chi connectivity index (χ0) is 13.7. The van der Waals surface area contributed by atoms with E-state index < -0.39 is 0 Å². The minimum absolute atomic E-state index is 0.140. The molecule has 2 rings (SSSR count). The van der Waals surface area contributed by atoms with Crippen LogP contribution in [-0.2, 0) is 13.0 Å². The molecular formula is C14H21ClN4. The second kappa shape index (κ2) is 6.93. The van der Waals surface area contributed by atoms with Crippen LogP contribution in [0.25, 0.3) is 0 Å². The fourth-order valence-corrected chi connectivity index (χ4v) is 2.83. The van der Waals surface area contributed by atoms with Crippen molar-refractivity contribution in [1.29, 1.82) is 5.26 Å². The highest BCUT2D eigenvalue weighted by molar-refractivity contribution is 6.30. The average molecular weight is 281 g/mol. The van der Waals surface area contributed by atoms with E-state index in [1.807, 2.05) is 0 Å². The molecule has 0 bridgehead atoms. The average Bonchev–Trinajstić information content (AvgIpc) is 3.00. The molecule has 1 aliphatic carbocycles. The van der Waals surface area contributed by atoms with Gasteiger partial charge < -0.3 is 10.3 Å². The lowest BCUT2D eigenvalue weighted by Crippen LogP contribution is -2.31. The highest BCUT2D eigenvalue weighted by Crippen LogP contribution is 2.25. The molecule has 0 saturated heterocycles. The Labute approximate surface area is 119 Å². The van der Waals surface area contributed by atoms with E-state index in [0.717, 1.165) is 50.0 Å². The predicted octanol–water partition coefficient (Wildman–Crippen LogP) is 3.19. The normalized spacial score (nSPS) is 22.6. The van der Waals surface area contributed by atoms with Crippen LogP contribution in [-0.4, -0.2) is 16.0 Å². The van der Waals surface area contributed by atoms with Gasteiger partial charge in [-0.3, -0.25) is 0 Å². The van der Waals surface area contributed by atoms with Gasteiger partial charge in [-0.1, -0.05) is 31.4 Å². The molecule has 0 radical (unpaired) electrons. The van der Waals surface area contributed by atoms with Crippen LogP contribution in [0.3, 0.4) is 0 Å². The maximum atomic E-state index is 9.05. The fourth-order valence-electron chi connectivity index (χ4n) is 2.61. The van der Waals surface area contributed by atoms with Crippen molar-refractivity contribution < 1.29 is 0 Å². The Bertz CT molecular complexity index is 449. The van der Waals surface area contributed by atoms with Crippen LogP contribution in [0.4, 0.5) is 0 Å². The quantitative estimate of drug-likeness (QED) is 0.841. The standard InChI is InChI=1S/C14H21ClN4/c1-2-3-7-13-18-12(14(15)19-13)9-17-11-6-4-5-10(11)8-16/h10-11,17H,2-7,9H2,1H3,(H,18,19). The summed E-state index contributed by atoms with van der Waals surface area (Å²) < 4.78 is 0. The van der Waals surface area contributed by atoms with Crippen LogP contribution < -0.4 is 5.32 Å². The van der Waals surface area contributed by atoms with Crippen molar-refractivity contribution in [3.05, 3.63) is 16.7 Å². The Hall–Kier alpha value is -1.05. The molecule has 0 amide bonds. The number of rotatable bonds is 6. The van der Waals surface area contributed by atoms with E-state index in [0.29, 0.717) is 17.7 Å². The van der Waals surface area contributed by atoms with Crippen molar-refractivity contribution in [1.82, 2.24) is 15.3 Å². The fraction of sp³-hybridized carbons (Fsp3) is 0.714. The number of nitrogens with zero attached hydrogens (tertiary/aromatic N) is 2. The van der Waals surface area contributed by atoms with Crippen LogP contribution in [0, 0.1) is 17.2 Å². The largest absolute Gasteiger partial charge is 0.344 e. The topological polar surface area (TPSA) is 64.5 Å². The molecule has 0 aromatic carbocycles. The van der Waals surface area contributed by atoms with E-state index in [-0.39, 0.29) is 5.92 Å². The van der Waals surface area contributed by atoms with E-state index in [4.69, 9.17) is 16.9 Å². The van der Waals surface area contributed by atoms with E-state index in [1.165, 1.54) is 0 Å². The van der Waals surface area contributed by atoms with Gasteiger partial charge in [-0.15, -0.1) is 0 Å². The number of imidazole rings is 1. The first-order valence-corrected chi connectivity index (χ1v) is 7.48. The molecule has 1 aromatic rings. The summed E-state index contributed by atoms with van der Waals surface area (Å²) in [5.41, 5.74) is 0.941. The molecule has 5 heteroatoms. The Morgan fingerprint density at radius 3 is 3.11 bits per heavy atom. The number of halogens is 1. The number of nitriles is 1. The SMILES string of the molecule is CCCCc1nc(Cl)c(CNC2CCCC2C#N)[nH]1. The molecule has 0 spiro atoms. The molecule has 1 aliphatic rings. The second-order valence-corrected chi connectivity index (χ2v) is 5.57. The zero-order valence-corrected chi connectivity index (χ0v) is 12.1. The summed E-state index contributed by atoms with van der Waals surface area (Å²) in [6, 6.07) is 2.67. The first-order valence-electron chi connectivity index (χ1n) is 7.10. The third-order valence-electron chi connectivity index (χ3n) is 3.77. The van der Waals surface area contributed by atoms with Gasteiger partial charge in [-0.2, -0.15) is 5.26 Å². The number of aryl methyl sites for hydroxylation is 1. The lowest BCUT2D eigenvalue weighted by atomic mass is 10.1. The first kappa shape index (κ1) is 14.4. The van der Waals surface area contributed by atoms with Crippen LogP contribution in [0.15, 0.2) is 0 Å². The van der Waals surface area contributed by atoms with Crippen molar-refractivity contribution in [2.75, 3.05) is 0 Å². The predicted molar refractivity (Wildman–Crippen MR) is 75.8 cm³/mol. The number of hydrogen-bond acceptors (Lipinski definition) is 3. The Kier molecular flexibility index (Phi) is 5.24. The molecule has 2 unspecified atom stereocenters. The number of H-pyrrole nitrogens is 1. The third-order valence-corrected chi connectivity index (χ3v) is 4.08. The lowest BCUT2D eigenvalue weighted by molar-refractivity contribution is 0.461. The van der Waals surface area contributed by atoms with Gasteiger partial charge in [-0.05, 0) is 19.3 Å². The maximum Gasteiger partial charge on any atom is 0.151 e. The number of aromatic nitrogens is 2. The summed E-state index contributed by atoms with van der Waals surface area (Å²) in [7, 11) is 0. The van der Waals surface area contributed by atoms with E-state index in [2.05, 4.69) is 28.3 Å². The number of aromatic amines is 1. The molecule has 0 aliphatic heterocycles. The number of hydrogen-bond donors (Lipinski definition) is 2. The summed E-state index contributed by atoms with van der Waals surface area (Å²) in [6.45, 7) is 2.83. The van der Waals surface area contributed by atoms with E-state index >= 15 is 0 Å². The van der Waals surface area contributed by atoms with Crippen molar-refractivity contribution in [3.8, 4) is 6.07 Å². The molecule has 104 valence electrons. The molecule has 4 nitrogen and oxygen atoms in total. The van der Waals surface area contributed by atoms with Crippen molar-refractivity contribution >= 4 is 11.6 Å². The van der Waals surface area contributed by atoms with Gasteiger partial charge in [0.1, 0.15) is 5.82 Å². The highest BCUT2D eigenvalue weighted by atomic mass is 35.5. The summed E-state index contributed by atoms with van der Waals surface area (Å²) in [4.78, 5) is 7.62. The van der Waals surface area contributed by atoms with Gasteiger partial charge in [-0.25, -0.2) is 4.98 Å². The maximum absolute atomic E-state index is 9.05. The molecule has 2 atom stereocenters. The smallest absolute Gasteiger partial charge is 0.151 e. The van der Waals surface area contributed by atoms with Crippen LogP contribution in [0.1, 0.15) is 50.5 Å². The minimum atomic E-state index is 0.140. The lowest BCUT2D eigenvalue weighted by Gasteiger charge is -2.14. The molecule has 19 heavy (non-hydrogen) atoms. The van der Waals surface area contributed by atoms with Crippen LogP contribution in [0.5, 0.6) is 0 Å². The Balaban J connectivity index is 1.89. The van der Waals surface area contributed by atoms with E-state index in [9.17, 15) is 0 Å². The Morgan fingerprint density at radius 1 is 1.53 bits per heavy atom. The second-order valence-electron chi connectivity index (χ2n) is 5.21. The molecule has 1 saturated carbocycles. The minimum Gasteiger partial charge on any atom is -0.344 e. The monoisotopic (exact) mass is 280 g/mol. The van der Waals surface area contributed by atoms with Gasteiger partial charge >= 0.3 is 0 Å². The third kappa shape index (κ3) is 3.71. The van der Waals surface area contributed by atoms with Crippen LogP contribution >= 0.6 is 11.6 Å². The van der Waals surface area contributed by atoms with Crippen LogP contribution in [0.2, 0.25) is 5.15 Å². The molecule has 1 fully saturated rings.